The highest BCUT2D eigenvalue weighted by molar-refractivity contribution is 5.74. The fraction of sp³-hybridized carbons (Fsp3) is 0.526. The van der Waals surface area contributed by atoms with E-state index in [2.05, 4.69) is 53.5 Å². The van der Waals surface area contributed by atoms with Crippen LogP contribution >= 0.6 is 0 Å². The third-order valence-corrected chi connectivity index (χ3v) is 4.85. The second kappa shape index (κ2) is 7.68. The molecule has 1 N–H and O–H groups in total. The fourth-order valence-corrected chi connectivity index (χ4v) is 3.22. The van der Waals surface area contributed by atoms with Crippen molar-refractivity contribution in [2.24, 2.45) is 11.8 Å². The van der Waals surface area contributed by atoms with Gasteiger partial charge in [0.25, 0.3) is 0 Å². The van der Waals surface area contributed by atoms with Gasteiger partial charge in [-0.15, -0.1) is 0 Å². The van der Waals surface area contributed by atoms with E-state index in [1.165, 1.54) is 5.56 Å². The third kappa shape index (κ3) is 4.38. The average Bonchev–Trinajstić information content (AvgIpc) is 2.98. The Bertz CT molecular complexity index is 710. The molecular formula is C19H27N5O. The van der Waals surface area contributed by atoms with E-state index in [-0.39, 0.29) is 6.03 Å². The average molecular weight is 341 g/mol. The lowest BCUT2D eigenvalue weighted by Gasteiger charge is -2.28. The Hall–Kier alpha value is -2.37. The van der Waals surface area contributed by atoms with Crippen molar-refractivity contribution in [1.29, 1.82) is 0 Å². The van der Waals surface area contributed by atoms with E-state index in [0.717, 1.165) is 18.1 Å². The van der Waals surface area contributed by atoms with Crippen LogP contribution in [0.3, 0.4) is 0 Å². The first-order valence-corrected chi connectivity index (χ1v) is 9.00. The lowest BCUT2D eigenvalue weighted by atomic mass is 9.89. The minimum atomic E-state index is -0.00869. The number of carbonyl (C=O) groups excluding carboxylic acids is 1. The zero-order valence-electron chi connectivity index (χ0n) is 15.3. The van der Waals surface area contributed by atoms with Crippen LogP contribution in [0.25, 0.3) is 0 Å². The summed E-state index contributed by atoms with van der Waals surface area (Å²) in [5.41, 5.74) is 1.32. The third-order valence-electron chi connectivity index (χ3n) is 4.85. The first-order chi connectivity index (χ1) is 12.0. The van der Waals surface area contributed by atoms with Crippen LogP contribution in [0, 0.1) is 18.8 Å². The van der Waals surface area contributed by atoms with E-state index >= 15 is 0 Å². The monoisotopic (exact) mass is 341 g/mol. The van der Waals surface area contributed by atoms with Crippen LogP contribution in [0.5, 0.6) is 0 Å². The molecule has 0 bridgehead atoms. The van der Waals surface area contributed by atoms with Gasteiger partial charge in [-0.25, -0.2) is 14.5 Å². The van der Waals surface area contributed by atoms with Crippen molar-refractivity contribution >= 4 is 6.03 Å². The number of nitrogens with zero attached hydrogens (tertiary/aromatic N) is 4. The maximum Gasteiger partial charge on any atom is 0.317 e. The fourth-order valence-electron chi connectivity index (χ4n) is 3.22. The van der Waals surface area contributed by atoms with E-state index in [4.69, 9.17) is 0 Å². The van der Waals surface area contributed by atoms with Crippen molar-refractivity contribution < 1.29 is 4.79 Å². The van der Waals surface area contributed by atoms with Gasteiger partial charge in [-0.1, -0.05) is 44.2 Å². The van der Waals surface area contributed by atoms with Crippen LogP contribution in [0.15, 0.2) is 30.3 Å². The Morgan fingerprint density at radius 2 is 2.00 bits per heavy atom. The summed E-state index contributed by atoms with van der Waals surface area (Å²) in [6.07, 6.45) is 0.978. The minimum absolute atomic E-state index is 0.00869. The standard InChI is InChI=1S/C19H27N5O/c1-14(2)17(11-16-7-5-4-6-8-16)12-20-19(25)23-9-10-24-18(13-23)21-15(3)22-24/h4-8,14,17H,9-13H2,1-3H3,(H,20,25)/t17-/m1/s1. The molecule has 2 heterocycles. The van der Waals surface area contributed by atoms with Crippen LogP contribution < -0.4 is 5.32 Å². The highest BCUT2D eigenvalue weighted by Gasteiger charge is 2.24. The van der Waals surface area contributed by atoms with Crippen LogP contribution in [-0.2, 0) is 19.5 Å². The van der Waals surface area contributed by atoms with Crippen molar-refractivity contribution in [3.05, 3.63) is 47.5 Å². The van der Waals surface area contributed by atoms with Crippen molar-refractivity contribution in [1.82, 2.24) is 25.0 Å². The summed E-state index contributed by atoms with van der Waals surface area (Å²) in [6.45, 7) is 8.91. The Morgan fingerprint density at radius 3 is 2.72 bits per heavy atom. The molecule has 25 heavy (non-hydrogen) atoms. The molecule has 1 aliphatic heterocycles. The Morgan fingerprint density at radius 1 is 1.24 bits per heavy atom. The van der Waals surface area contributed by atoms with Crippen molar-refractivity contribution in [3.8, 4) is 0 Å². The molecule has 0 radical (unpaired) electrons. The maximum absolute atomic E-state index is 12.6. The summed E-state index contributed by atoms with van der Waals surface area (Å²) in [7, 11) is 0. The first kappa shape index (κ1) is 17.5. The molecule has 3 rings (SSSR count). The summed E-state index contributed by atoms with van der Waals surface area (Å²) < 4.78 is 1.89. The molecule has 1 aromatic carbocycles. The number of hydrogen-bond acceptors (Lipinski definition) is 3. The highest BCUT2D eigenvalue weighted by atomic mass is 16.2. The number of hydrogen-bond donors (Lipinski definition) is 1. The van der Waals surface area contributed by atoms with E-state index in [9.17, 15) is 4.79 Å². The van der Waals surface area contributed by atoms with Gasteiger partial charge < -0.3 is 10.2 Å². The molecule has 2 amide bonds. The second-order valence-corrected chi connectivity index (χ2v) is 7.10. The van der Waals surface area contributed by atoms with Gasteiger partial charge in [-0.3, -0.25) is 0 Å². The molecule has 0 saturated heterocycles. The lowest BCUT2D eigenvalue weighted by Crippen LogP contribution is -2.46. The molecule has 0 aliphatic carbocycles. The molecule has 2 aromatic rings. The Balaban J connectivity index is 1.55. The van der Waals surface area contributed by atoms with Crippen molar-refractivity contribution in [2.45, 2.75) is 40.3 Å². The largest absolute Gasteiger partial charge is 0.338 e. The van der Waals surface area contributed by atoms with Crippen LogP contribution in [0.1, 0.15) is 31.1 Å². The summed E-state index contributed by atoms with van der Waals surface area (Å²) in [4.78, 5) is 18.8. The van der Waals surface area contributed by atoms with E-state index in [1.807, 2.05) is 22.6 Å². The number of nitrogens with one attached hydrogen (secondary N) is 1. The normalized spacial score (nSPS) is 15.1. The zero-order valence-corrected chi connectivity index (χ0v) is 15.3. The van der Waals surface area contributed by atoms with Gasteiger partial charge >= 0.3 is 6.03 Å². The second-order valence-electron chi connectivity index (χ2n) is 7.10. The summed E-state index contributed by atoms with van der Waals surface area (Å²) >= 11 is 0. The quantitative estimate of drug-likeness (QED) is 0.909. The maximum atomic E-state index is 12.6. The van der Waals surface area contributed by atoms with Crippen molar-refractivity contribution in [3.63, 3.8) is 0 Å². The van der Waals surface area contributed by atoms with E-state index in [1.54, 1.807) is 0 Å². The predicted octanol–water partition coefficient (Wildman–Crippen LogP) is 2.63. The molecule has 0 fully saturated rings. The summed E-state index contributed by atoms with van der Waals surface area (Å²) in [5.74, 6) is 2.55. The lowest BCUT2D eigenvalue weighted by molar-refractivity contribution is 0.176. The Labute approximate surface area is 149 Å². The Kier molecular flexibility index (Phi) is 5.36. The highest BCUT2D eigenvalue weighted by Crippen LogP contribution is 2.17. The topological polar surface area (TPSA) is 63.1 Å². The SMILES string of the molecule is Cc1nc2n(n1)CCN(C(=O)NC[C@@H](Cc1ccccc1)C(C)C)C2. The molecule has 1 aromatic heterocycles. The van der Waals surface area contributed by atoms with Crippen molar-refractivity contribution in [2.75, 3.05) is 13.1 Å². The number of aromatic nitrogens is 3. The molecule has 1 atom stereocenters. The number of fused-ring (bicyclic) bond motifs is 1. The smallest absolute Gasteiger partial charge is 0.317 e. The van der Waals surface area contributed by atoms with Gasteiger partial charge in [0, 0.05) is 13.1 Å². The molecule has 0 unspecified atom stereocenters. The molecule has 0 saturated carbocycles. The van der Waals surface area contributed by atoms with Gasteiger partial charge in [0.15, 0.2) is 0 Å². The van der Waals surface area contributed by atoms with Gasteiger partial charge in [-0.2, -0.15) is 5.10 Å². The summed E-state index contributed by atoms with van der Waals surface area (Å²) in [6, 6.07) is 10.5. The number of rotatable bonds is 5. The van der Waals surface area contributed by atoms with Crippen LogP contribution in [-0.4, -0.2) is 38.8 Å². The predicted molar refractivity (Wildman–Crippen MR) is 97.0 cm³/mol. The van der Waals surface area contributed by atoms with Crippen LogP contribution in [0.2, 0.25) is 0 Å². The number of amides is 2. The number of aryl methyl sites for hydroxylation is 1. The molecular weight excluding hydrogens is 314 g/mol. The van der Waals surface area contributed by atoms with Gasteiger partial charge in [0.05, 0.1) is 13.1 Å². The molecule has 6 nitrogen and oxygen atoms in total. The first-order valence-electron chi connectivity index (χ1n) is 9.00. The molecule has 134 valence electrons. The number of carbonyl (C=O) groups is 1. The summed E-state index contributed by atoms with van der Waals surface area (Å²) in [5, 5.41) is 7.46. The molecule has 0 spiro atoms. The molecule has 6 heteroatoms. The van der Waals surface area contributed by atoms with Gasteiger partial charge in [0.1, 0.15) is 11.6 Å². The van der Waals surface area contributed by atoms with Gasteiger partial charge in [0.2, 0.25) is 0 Å². The number of urea groups is 1. The zero-order chi connectivity index (χ0) is 17.8. The van der Waals surface area contributed by atoms with Crippen LogP contribution in [0.4, 0.5) is 4.79 Å². The van der Waals surface area contributed by atoms with E-state index in [0.29, 0.717) is 38.0 Å². The molecule has 1 aliphatic rings. The van der Waals surface area contributed by atoms with Gasteiger partial charge in [-0.05, 0) is 30.7 Å². The van der Waals surface area contributed by atoms with E-state index < -0.39 is 0 Å². The minimum Gasteiger partial charge on any atom is -0.338 e. The number of benzene rings is 1.